The van der Waals surface area contributed by atoms with Gasteiger partial charge >= 0.3 is 0 Å². The van der Waals surface area contributed by atoms with Gasteiger partial charge in [-0.1, -0.05) is 142 Å². The lowest BCUT2D eigenvalue weighted by molar-refractivity contribution is -0.379. The van der Waals surface area contributed by atoms with Crippen LogP contribution in [0.3, 0.4) is 0 Å². The smallest absolute Gasteiger partial charge is 0.220 e. The van der Waals surface area contributed by atoms with Gasteiger partial charge in [0.1, 0.15) is 73.2 Å². The molecule has 3 aliphatic heterocycles. The monoisotopic (exact) mass is 1010 g/mol. The van der Waals surface area contributed by atoms with E-state index in [-0.39, 0.29) is 18.9 Å². The third-order valence-corrected chi connectivity index (χ3v) is 13.8. The van der Waals surface area contributed by atoms with Crippen LogP contribution in [0.25, 0.3) is 0 Å². The van der Waals surface area contributed by atoms with E-state index >= 15 is 0 Å². The van der Waals surface area contributed by atoms with Crippen molar-refractivity contribution in [1.29, 1.82) is 0 Å². The number of carbonyl (C=O) groups excluding carboxylic acids is 1. The Bertz CT molecular complexity index is 1350. The number of amides is 1. The van der Waals surface area contributed by atoms with Gasteiger partial charge in [-0.15, -0.1) is 0 Å². The Morgan fingerprint density at radius 3 is 1.39 bits per heavy atom. The molecule has 1 amide bonds. The largest absolute Gasteiger partial charge is 0.394 e. The first kappa shape index (κ1) is 62.8. The zero-order valence-corrected chi connectivity index (χ0v) is 42.3. The molecule has 412 valence electrons. The van der Waals surface area contributed by atoms with Gasteiger partial charge in [-0.25, -0.2) is 0 Å². The Morgan fingerprint density at radius 1 is 0.500 bits per heavy atom. The lowest BCUT2D eigenvalue weighted by Crippen LogP contribution is -2.66. The minimum atomic E-state index is -1.97. The van der Waals surface area contributed by atoms with Crippen molar-refractivity contribution in [2.75, 3.05) is 26.4 Å². The van der Waals surface area contributed by atoms with Crippen molar-refractivity contribution in [1.82, 2.24) is 5.32 Å². The van der Waals surface area contributed by atoms with Crippen molar-refractivity contribution in [3.8, 4) is 0 Å². The van der Waals surface area contributed by atoms with Crippen LogP contribution in [0, 0.1) is 0 Å². The first-order valence-corrected chi connectivity index (χ1v) is 26.9. The normalized spacial score (nSPS) is 32.6. The predicted octanol–water partition coefficient (Wildman–Crippen LogP) is 2.65. The van der Waals surface area contributed by atoms with E-state index in [4.69, 9.17) is 28.4 Å². The van der Waals surface area contributed by atoms with Crippen molar-refractivity contribution in [2.45, 2.75) is 279 Å². The molecule has 0 aromatic carbocycles. The summed E-state index contributed by atoms with van der Waals surface area (Å²) >= 11 is 0. The first-order valence-electron chi connectivity index (χ1n) is 26.9. The average molecular weight is 1010 g/mol. The first-order chi connectivity index (χ1) is 33.8. The highest BCUT2D eigenvalue weighted by Crippen LogP contribution is 2.33. The van der Waals surface area contributed by atoms with E-state index in [0.29, 0.717) is 12.8 Å². The standard InChI is InChI=1S/C51H95NO18/c1-3-5-7-9-11-13-15-16-17-18-19-21-23-25-27-29-39(57)52-34(35(56)28-26-24-22-20-14-12-10-8-6-4-2)33-65-49-45(63)42(60)47(37(31-54)67-49)70-51-46(64)43(61)48(38(32-55)68-51)69-50-44(62)41(59)40(58)36(30-53)66-50/h16-17,34-38,40-51,53-56,58-64H,3-15,18-33H2,1-2H3,(H,52,57)/b17-16-. The van der Waals surface area contributed by atoms with Crippen molar-refractivity contribution in [2.24, 2.45) is 0 Å². The van der Waals surface area contributed by atoms with Crippen LogP contribution in [-0.2, 0) is 33.2 Å². The second-order valence-electron chi connectivity index (χ2n) is 19.7. The van der Waals surface area contributed by atoms with E-state index in [1.165, 1.54) is 77.0 Å². The number of aliphatic hydroxyl groups excluding tert-OH is 11. The van der Waals surface area contributed by atoms with E-state index < -0.39 is 124 Å². The Balaban J connectivity index is 1.53. The summed E-state index contributed by atoms with van der Waals surface area (Å²) in [6, 6.07) is -0.885. The molecule has 0 saturated carbocycles. The maximum atomic E-state index is 13.2. The molecule has 17 atom stereocenters. The number of unbranched alkanes of at least 4 members (excludes halogenated alkanes) is 20. The molecular weight excluding hydrogens is 915 g/mol. The van der Waals surface area contributed by atoms with Gasteiger partial charge in [0, 0.05) is 6.42 Å². The fourth-order valence-corrected chi connectivity index (χ4v) is 9.31. The fourth-order valence-electron chi connectivity index (χ4n) is 9.31. The molecule has 19 nitrogen and oxygen atoms in total. The van der Waals surface area contributed by atoms with Crippen molar-refractivity contribution in [3.05, 3.63) is 12.2 Å². The second-order valence-corrected chi connectivity index (χ2v) is 19.7. The number of hydrogen-bond acceptors (Lipinski definition) is 18. The van der Waals surface area contributed by atoms with Crippen molar-refractivity contribution in [3.63, 3.8) is 0 Å². The summed E-state index contributed by atoms with van der Waals surface area (Å²) in [6.45, 7) is 1.73. The van der Waals surface area contributed by atoms with E-state index in [2.05, 4.69) is 31.3 Å². The summed E-state index contributed by atoms with van der Waals surface area (Å²) in [4.78, 5) is 13.2. The summed E-state index contributed by atoms with van der Waals surface area (Å²) in [5.41, 5.74) is 0. The van der Waals surface area contributed by atoms with Crippen molar-refractivity contribution < 1.29 is 89.4 Å². The molecule has 19 heteroatoms. The maximum Gasteiger partial charge on any atom is 0.220 e. The highest BCUT2D eigenvalue weighted by Gasteiger charge is 2.53. The molecule has 70 heavy (non-hydrogen) atoms. The maximum absolute atomic E-state index is 13.2. The molecule has 0 aliphatic carbocycles. The number of aliphatic hydroxyl groups is 11. The lowest BCUT2D eigenvalue weighted by Gasteiger charge is -2.48. The van der Waals surface area contributed by atoms with E-state index in [9.17, 15) is 61.0 Å². The van der Waals surface area contributed by atoms with Crippen LogP contribution in [0.5, 0.6) is 0 Å². The number of ether oxygens (including phenoxy) is 6. The summed E-state index contributed by atoms with van der Waals surface area (Å²) in [6.07, 6.45) is 4.64. The fraction of sp³-hybridized carbons (Fsp3) is 0.941. The molecule has 3 aliphatic rings. The summed E-state index contributed by atoms with van der Waals surface area (Å²) < 4.78 is 34.2. The number of rotatable bonds is 38. The van der Waals surface area contributed by atoms with E-state index in [1.807, 2.05) is 0 Å². The van der Waals surface area contributed by atoms with Crippen molar-refractivity contribution >= 4 is 5.91 Å². The SMILES string of the molecule is CCCCCCCC/C=C\CCCCCCCC(=O)NC(COC1OC(CO)C(OC2OC(CO)C(OC3OC(CO)C(O)C(O)C3O)C(O)C2O)C(O)C1O)C(O)CCCCCCCCCCCC. The predicted molar refractivity (Wildman–Crippen MR) is 259 cm³/mol. The van der Waals surface area contributed by atoms with Crippen LogP contribution < -0.4 is 5.32 Å². The minimum absolute atomic E-state index is 0.254. The molecule has 3 heterocycles. The van der Waals surface area contributed by atoms with Crippen LogP contribution >= 0.6 is 0 Å². The zero-order valence-electron chi connectivity index (χ0n) is 42.3. The van der Waals surface area contributed by atoms with Gasteiger partial charge in [0.15, 0.2) is 18.9 Å². The van der Waals surface area contributed by atoms with Gasteiger partial charge < -0.3 is 89.9 Å². The van der Waals surface area contributed by atoms with Crippen LogP contribution in [0.2, 0.25) is 0 Å². The summed E-state index contributed by atoms with van der Waals surface area (Å²) in [5, 5.41) is 120. The summed E-state index contributed by atoms with van der Waals surface area (Å²) in [5.74, 6) is -0.254. The Morgan fingerprint density at radius 2 is 0.900 bits per heavy atom. The average Bonchev–Trinajstić information content (AvgIpc) is 3.35. The van der Waals surface area contributed by atoms with Gasteiger partial charge in [-0.05, 0) is 38.5 Å². The van der Waals surface area contributed by atoms with E-state index in [0.717, 1.165) is 64.2 Å². The van der Waals surface area contributed by atoms with Gasteiger partial charge in [-0.3, -0.25) is 4.79 Å². The molecule has 0 aromatic heterocycles. The lowest BCUT2D eigenvalue weighted by atomic mass is 9.96. The molecule has 17 unspecified atom stereocenters. The third-order valence-electron chi connectivity index (χ3n) is 13.8. The van der Waals surface area contributed by atoms with Gasteiger partial charge in [-0.2, -0.15) is 0 Å². The van der Waals surface area contributed by atoms with Crippen LogP contribution in [0.15, 0.2) is 12.2 Å². The topological polar surface area (TPSA) is 307 Å². The Labute approximate surface area is 416 Å². The number of hydrogen-bond donors (Lipinski definition) is 12. The van der Waals surface area contributed by atoms with Gasteiger partial charge in [0.25, 0.3) is 0 Å². The zero-order chi connectivity index (χ0) is 51.3. The highest BCUT2D eigenvalue weighted by atomic mass is 16.8. The van der Waals surface area contributed by atoms with Crippen LogP contribution in [0.4, 0.5) is 0 Å². The molecule has 3 rings (SSSR count). The molecule has 0 spiro atoms. The Hall–Kier alpha value is -1.47. The number of allylic oxidation sites excluding steroid dienone is 2. The number of nitrogens with one attached hydrogen (secondary N) is 1. The van der Waals surface area contributed by atoms with Crippen LogP contribution in [0.1, 0.15) is 174 Å². The molecule has 12 N–H and O–H groups in total. The quantitative estimate of drug-likeness (QED) is 0.0313. The third kappa shape index (κ3) is 21.8. The second kappa shape index (κ2) is 36.5. The molecule has 3 fully saturated rings. The van der Waals surface area contributed by atoms with Gasteiger partial charge in [0.2, 0.25) is 5.91 Å². The molecule has 0 bridgehead atoms. The van der Waals surface area contributed by atoms with Gasteiger partial charge in [0.05, 0.1) is 38.6 Å². The molecule has 0 radical (unpaired) electrons. The number of carbonyl (C=O) groups is 1. The van der Waals surface area contributed by atoms with E-state index in [1.54, 1.807) is 0 Å². The summed E-state index contributed by atoms with van der Waals surface area (Å²) in [7, 11) is 0. The minimum Gasteiger partial charge on any atom is -0.394 e. The van der Waals surface area contributed by atoms with Crippen LogP contribution in [-0.4, -0.2) is 193 Å². The molecular formula is C51H95NO18. The highest BCUT2D eigenvalue weighted by molar-refractivity contribution is 5.76. The Kier molecular flexibility index (Phi) is 32.7. The molecule has 3 saturated heterocycles. The molecule has 0 aromatic rings.